The van der Waals surface area contributed by atoms with Crippen LogP contribution in [0.25, 0.3) is 11.4 Å². The molecule has 0 aliphatic rings. The summed E-state index contributed by atoms with van der Waals surface area (Å²) in [7, 11) is 1.91. The number of alkyl carbamates (subject to hydrolysis) is 1. The summed E-state index contributed by atoms with van der Waals surface area (Å²) in [6, 6.07) is 11.7. The standard InChI is InChI=1S/C31H43N7O4/c1-30(2,3)41-26(39)20-38(7)17-9-12-24-19-23(14-16-32-24)27-34-21-35-28(37-27)36-25-11-8-10-22(18-25)13-15-33-29(40)42-31(4,5)6/h8,10-11,14,16,18-19,21H,9,12-13,15,17,20H2,1-7H3,(H,33,40)(H,34,35,36,37). The van der Waals surface area contributed by atoms with E-state index in [1.54, 1.807) is 6.20 Å². The lowest BCUT2D eigenvalue weighted by Crippen LogP contribution is -2.33. The SMILES string of the molecule is CN(CCCc1cc(-c2ncnc(Nc3cccc(CCNC(=O)OC(C)(C)C)c3)n2)ccn1)CC(=O)OC(C)(C)C. The third-order valence-corrected chi connectivity index (χ3v) is 5.70. The molecule has 2 N–H and O–H groups in total. The summed E-state index contributed by atoms with van der Waals surface area (Å²) in [5.41, 5.74) is 2.61. The van der Waals surface area contributed by atoms with Crippen molar-refractivity contribution in [3.05, 3.63) is 60.2 Å². The van der Waals surface area contributed by atoms with Gasteiger partial charge in [-0.15, -0.1) is 0 Å². The third-order valence-electron chi connectivity index (χ3n) is 5.70. The van der Waals surface area contributed by atoms with Crippen LogP contribution in [0.3, 0.4) is 0 Å². The summed E-state index contributed by atoms with van der Waals surface area (Å²) in [5, 5.41) is 6.02. The smallest absolute Gasteiger partial charge is 0.407 e. The number of hydrogen-bond donors (Lipinski definition) is 2. The molecule has 0 bridgehead atoms. The number of amides is 1. The maximum atomic E-state index is 12.0. The van der Waals surface area contributed by atoms with Gasteiger partial charge in [-0.2, -0.15) is 4.98 Å². The molecule has 11 heteroatoms. The molecule has 2 heterocycles. The third kappa shape index (κ3) is 12.2. The van der Waals surface area contributed by atoms with Gasteiger partial charge in [-0.1, -0.05) is 12.1 Å². The van der Waals surface area contributed by atoms with Crippen LogP contribution in [0.4, 0.5) is 16.4 Å². The monoisotopic (exact) mass is 577 g/mol. The lowest BCUT2D eigenvalue weighted by molar-refractivity contribution is -0.155. The van der Waals surface area contributed by atoms with Crippen molar-refractivity contribution < 1.29 is 19.1 Å². The minimum atomic E-state index is -0.531. The number of esters is 1. The Labute approximate surface area is 248 Å². The van der Waals surface area contributed by atoms with Crippen LogP contribution in [0.1, 0.15) is 59.2 Å². The van der Waals surface area contributed by atoms with Gasteiger partial charge in [0.15, 0.2) is 5.82 Å². The van der Waals surface area contributed by atoms with Crippen molar-refractivity contribution in [1.29, 1.82) is 0 Å². The second-order valence-electron chi connectivity index (χ2n) is 12.1. The summed E-state index contributed by atoms with van der Waals surface area (Å²) in [6.45, 7) is 12.5. The Morgan fingerprint density at radius 1 is 0.929 bits per heavy atom. The van der Waals surface area contributed by atoms with Crippen molar-refractivity contribution in [1.82, 2.24) is 30.2 Å². The summed E-state index contributed by atoms with van der Waals surface area (Å²) in [4.78, 5) is 43.6. The number of aryl methyl sites for hydroxylation is 1. The fraction of sp³-hybridized carbons (Fsp3) is 0.484. The molecule has 11 nitrogen and oxygen atoms in total. The Morgan fingerprint density at radius 2 is 1.69 bits per heavy atom. The van der Waals surface area contributed by atoms with Gasteiger partial charge >= 0.3 is 12.1 Å². The number of nitrogens with one attached hydrogen (secondary N) is 2. The fourth-order valence-corrected chi connectivity index (χ4v) is 4.01. The van der Waals surface area contributed by atoms with Crippen molar-refractivity contribution in [3.63, 3.8) is 0 Å². The number of nitrogens with zero attached hydrogens (tertiary/aromatic N) is 5. The Hall–Kier alpha value is -4.12. The Kier molecular flexibility index (Phi) is 11.3. The van der Waals surface area contributed by atoms with Gasteiger partial charge in [-0.3, -0.25) is 14.7 Å². The molecular formula is C31H43N7O4. The van der Waals surface area contributed by atoms with Crippen molar-refractivity contribution in [2.45, 2.75) is 72.0 Å². The Bertz CT molecular complexity index is 1340. The second-order valence-corrected chi connectivity index (χ2v) is 12.1. The van der Waals surface area contributed by atoms with E-state index in [0.29, 0.717) is 24.7 Å². The number of benzene rings is 1. The highest BCUT2D eigenvalue weighted by molar-refractivity contribution is 5.72. The first-order valence-electron chi connectivity index (χ1n) is 14.1. The number of likely N-dealkylation sites (N-methyl/N-ethyl adjacent to an activating group) is 1. The van der Waals surface area contributed by atoms with Gasteiger partial charge in [-0.05, 0) is 104 Å². The molecular weight excluding hydrogens is 534 g/mol. The predicted octanol–water partition coefficient (Wildman–Crippen LogP) is 4.95. The molecule has 0 atom stereocenters. The van der Waals surface area contributed by atoms with E-state index in [2.05, 4.69) is 30.6 Å². The quantitative estimate of drug-likeness (QED) is 0.285. The Balaban J connectivity index is 1.54. The van der Waals surface area contributed by atoms with E-state index >= 15 is 0 Å². The summed E-state index contributed by atoms with van der Waals surface area (Å²) >= 11 is 0. The van der Waals surface area contributed by atoms with E-state index in [4.69, 9.17) is 9.47 Å². The van der Waals surface area contributed by atoms with E-state index in [1.807, 2.05) is 89.9 Å². The largest absolute Gasteiger partial charge is 0.459 e. The molecule has 0 radical (unpaired) electrons. The molecule has 0 saturated carbocycles. The number of anilines is 2. The predicted molar refractivity (Wildman–Crippen MR) is 162 cm³/mol. The van der Waals surface area contributed by atoms with Gasteiger partial charge in [0.1, 0.15) is 17.5 Å². The molecule has 0 aliphatic carbocycles. The molecule has 2 aromatic heterocycles. The van der Waals surface area contributed by atoms with E-state index < -0.39 is 17.3 Å². The highest BCUT2D eigenvalue weighted by Crippen LogP contribution is 2.19. The van der Waals surface area contributed by atoms with Crippen molar-refractivity contribution >= 4 is 23.7 Å². The van der Waals surface area contributed by atoms with Crippen LogP contribution in [0.5, 0.6) is 0 Å². The molecule has 42 heavy (non-hydrogen) atoms. The molecule has 1 aromatic carbocycles. The lowest BCUT2D eigenvalue weighted by Gasteiger charge is -2.22. The van der Waals surface area contributed by atoms with Crippen molar-refractivity contribution in [3.8, 4) is 11.4 Å². The maximum absolute atomic E-state index is 12.0. The first-order valence-corrected chi connectivity index (χ1v) is 14.1. The number of hydrogen-bond acceptors (Lipinski definition) is 10. The zero-order valence-electron chi connectivity index (χ0n) is 25.7. The number of pyridine rings is 1. The molecule has 1 amide bonds. The van der Waals surface area contributed by atoms with Crippen molar-refractivity contribution in [2.24, 2.45) is 0 Å². The maximum Gasteiger partial charge on any atom is 0.407 e. The van der Waals surface area contributed by atoms with E-state index in [-0.39, 0.29) is 12.5 Å². The highest BCUT2D eigenvalue weighted by atomic mass is 16.6. The summed E-state index contributed by atoms with van der Waals surface area (Å²) in [6.07, 6.45) is 5.03. The van der Waals surface area contributed by atoms with E-state index in [9.17, 15) is 9.59 Å². The fourth-order valence-electron chi connectivity index (χ4n) is 4.01. The molecule has 0 spiro atoms. The number of carbonyl (C=O) groups is 2. The molecule has 0 saturated heterocycles. The second kappa shape index (κ2) is 14.7. The van der Waals surface area contributed by atoms with Crippen LogP contribution < -0.4 is 10.6 Å². The zero-order valence-corrected chi connectivity index (χ0v) is 25.7. The average molecular weight is 578 g/mol. The first-order chi connectivity index (χ1) is 19.8. The molecule has 226 valence electrons. The topological polar surface area (TPSA) is 131 Å². The summed E-state index contributed by atoms with van der Waals surface area (Å²) in [5.74, 6) is 0.730. The van der Waals surface area contributed by atoms with Crippen molar-refractivity contribution in [2.75, 3.05) is 32.0 Å². The van der Waals surface area contributed by atoms with Gasteiger partial charge in [0.25, 0.3) is 0 Å². The van der Waals surface area contributed by atoms with Gasteiger partial charge in [0.05, 0.1) is 6.54 Å². The minimum Gasteiger partial charge on any atom is -0.459 e. The van der Waals surface area contributed by atoms with Gasteiger partial charge in [0.2, 0.25) is 5.95 Å². The normalized spacial score (nSPS) is 11.7. The molecule has 3 rings (SSSR count). The van der Waals surface area contributed by atoms with Crippen LogP contribution in [-0.4, -0.2) is 74.8 Å². The van der Waals surface area contributed by atoms with E-state index in [0.717, 1.165) is 41.9 Å². The molecule has 0 aliphatic heterocycles. The van der Waals surface area contributed by atoms with Crippen LogP contribution in [0.2, 0.25) is 0 Å². The van der Waals surface area contributed by atoms with E-state index in [1.165, 1.54) is 6.33 Å². The number of carbonyl (C=O) groups excluding carboxylic acids is 2. The highest BCUT2D eigenvalue weighted by Gasteiger charge is 2.18. The first kappa shape index (κ1) is 32.4. The number of aromatic nitrogens is 4. The zero-order chi connectivity index (χ0) is 30.8. The molecule has 0 unspecified atom stereocenters. The van der Waals surface area contributed by atoms with Crippen LogP contribution in [-0.2, 0) is 27.1 Å². The van der Waals surface area contributed by atoms with Crippen LogP contribution >= 0.6 is 0 Å². The Morgan fingerprint density at radius 3 is 2.43 bits per heavy atom. The number of ether oxygens (including phenoxy) is 2. The van der Waals surface area contributed by atoms with Gasteiger partial charge < -0.3 is 20.1 Å². The van der Waals surface area contributed by atoms with Gasteiger partial charge in [0, 0.05) is 29.7 Å². The number of rotatable bonds is 12. The average Bonchev–Trinajstić information content (AvgIpc) is 2.87. The lowest BCUT2D eigenvalue weighted by atomic mass is 10.1. The van der Waals surface area contributed by atoms with Crippen LogP contribution in [0, 0.1) is 0 Å². The van der Waals surface area contributed by atoms with Gasteiger partial charge in [-0.25, -0.2) is 14.8 Å². The minimum absolute atomic E-state index is 0.230. The molecule has 0 fully saturated rings. The van der Waals surface area contributed by atoms with Crippen LogP contribution in [0.15, 0.2) is 48.9 Å². The molecule has 3 aromatic rings. The summed E-state index contributed by atoms with van der Waals surface area (Å²) < 4.78 is 10.7.